The van der Waals surface area contributed by atoms with Gasteiger partial charge in [0.25, 0.3) is 5.91 Å². The van der Waals surface area contributed by atoms with Crippen molar-refractivity contribution in [3.63, 3.8) is 0 Å². The summed E-state index contributed by atoms with van der Waals surface area (Å²) in [7, 11) is 0. The van der Waals surface area contributed by atoms with Gasteiger partial charge in [-0.05, 0) is 30.6 Å². The number of aromatic amines is 1. The maximum absolute atomic E-state index is 11.7. The predicted molar refractivity (Wildman–Crippen MR) is 89.9 cm³/mol. The number of nitrogens with zero attached hydrogens (tertiary/aromatic N) is 1. The van der Waals surface area contributed by atoms with E-state index in [0.29, 0.717) is 17.2 Å². The molecule has 108 valence electrons. The van der Waals surface area contributed by atoms with Gasteiger partial charge in [0.1, 0.15) is 5.82 Å². The summed E-state index contributed by atoms with van der Waals surface area (Å²) in [6.07, 6.45) is 1.90. The van der Waals surface area contributed by atoms with Gasteiger partial charge in [0, 0.05) is 11.3 Å². The molecule has 2 heterocycles. The van der Waals surface area contributed by atoms with Crippen LogP contribution in [0.25, 0.3) is 0 Å². The Morgan fingerprint density at radius 1 is 1.38 bits per heavy atom. The van der Waals surface area contributed by atoms with Crippen LogP contribution in [-0.4, -0.2) is 22.3 Å². The second-order valence-electron chi connectivity index (χ2n) is 4.60. The Hall–Kier alpha value is -1.99. The molecule has 0 saturated carbocycles. The summed E-state index contributed by atoms with van der Waals surface area (Å²) in [5.74, 6) is 0.324. The van der Waals surface area contributed by atoms with Crippen LogP contribution in [0.1, 0.15) is 15.9 Å². The van der Waals surface area contributed by atoms with E-state index in [0.717, 1.165) is 22.1 Å². The van der Waals surface area contributed by atoms with Crippen molar-refractivity contribution in [2.24, 2.45) is 5.73 Å². The highest BCUT2D eigenvalue weighted by molar-refractivity contribution is 7.98. The Kier molecular flexibility index (Phi) is 3.60. The summed E-state index contributed by atoms with van der Waals surface area (Å²) < 4.78 is 0. The molecular formula is C14H14N4OS2. The first-order chi connectivity index (χ1) is 10.1. The van der Waals surface area contributed by atoms with Crippen molar-refractivity contribution in [1.29, 1.82) is 0 Å². The van der Waals surface area contributed by atoms with E-state index < -0.39 is 5.91 Å². The van der Waals surface area contributed by atoms with E-state index in [1.54, 1.807) is 0 Å². The monoisotopic (exact) mass is 318 g/mol. The highest BCUT2D eigenvalue weighted by atomic mass is 32.2. The molecule has 0 spiro atoms. The Balaban J connectivity index is 2.06. The number of aromatic nitrogens is 1. The van der Waals surface area contributed by atoms with Crippen LogP contribution in [0.15, 0.2) is 35.4 Å². The van der Waals surface area contributed by atoms with Gasteiger partial charge in [0.2, 0.25) is 0 Å². The molecule has 0 bridgehead atoms. The first-order valence-corrected chi connectivity index (χ1v) is 7.97. The maximum atomic E-state index is 11.7. The number of nitrogens with one attached hydrogen (secondary N) is 2. The fourth-order valence-corrected chi connectivity index (χ4v) is 3.32. The van der Waals surface area contributed by atoms with Crippen molar-refractivity contribution < 1.29 is 4.79 Å². The lowest BCUT2D eigenvalue weighted by atomic mass is 10.1. The summed E-state index contributed by atoms with van der Waals surface area (Å²) in [6, 6.07) is 9.81. The summed E-state index contributed by atoms with van der Waals surface area (Å²) in [4.78, 5) is 16.9. The van der Waals surface area contributed by atoms with E-state index in [1.165, 1.54) is 11.8 Å². The molecular weight excluding hydrogens is 304 g/mol. The van der Waals surface area contributed by atoms with Crippen LogP contribution in [0.3, 0.4) is 0 Å². The molecule has 0 fully saturated rings. The van der Waals surface area contributed by atoms with E-state index in [-0.39, 0.29) is 0 Å². The average molecular weight is 318 g/mol. The molecule has 1 aliphatic heterocycles. The maximum Gasteiger partial charge on any atom is 0.251 e. The number of hydrogen-bond acceptors (Lipinski definition) is 3. The Labute approximate surface area is 131 Å². The molecule has 0 saturated heterocycles. The van der Waals surface area contributed by atoms with Crippen molar-refractivity contribution in [1.82, 2.24) is 4.98 Å². The van der Waals surface area contributed by atoms with Crippen molar-refractivity contribution in [2.45, 2.75) is 11.6 Å². The normalized spacial score (nSPS) is 13.8. The summed E-state index contributed by atoms with van der Waals surface area (Å²) in [6.45, 7) is 0.514. The van der Waals surface area contributed by atoms with Gasteiger partial charge < -0.3 is 20.9 Å². The lowest BCUT2D eigenvalue weighted by Gasteiger charge is -2.30. The molecule has 0 unspecified atom stereocenters. The van der Waals surface area contributed by atoms with Crippen LogP contribution >= 0.6 is 24.0 Å². The molecule has 1 aromatic carbocycles. The SMILES string of the molecule is CSc1[nH]c2c(c1C(N)=O)CN(c1ccccc1)C(=S)N2. The second kappa shape index (κ2) is 5.42. The van der Waals surface area contributed by atoms with Crippen molar-refractivity contribution in [2.75, 3.05) is 16.5 Å². The number of nitrogens with two attached hydrogens (primary N) is 1. The third kappa shape index (κ3) is 2.38. The first kappa shape index (κ1) is 14.0. The number of carbonyl (C=O) groups excluding carboxylic acids is 1. The smallest absolute Gasteiger partial charge is 0.251 e. The number of rotatable bonds is 3. The van der Waals surface area contributed by atoms with Crippen LogP contribution in [0, 0.1) is 0 Å². The topological polar surface area (TPSA) is 74.2 Å². The van der Waals surface area contributed by atoms with Gasteiger partial charge in [-0.15, -0.1) is 11.8 Å². The standard InChI is InChI=1S/C14H14N4OS2/c1-21-13-10(11(15)19)9-7-18(8-5-3-2-4-6-8)14(20)17-12(9)16-13/h2-6,16H,7H2,1H3,(H2,15,19)(H,17,20). The lowest BCUT2D eigenvalue weighted by molar-refractivity contribution is 0.0997. The van der Waals surface area contributed by atoms with Crippen molar-refractivity contribution in [3.05, 3.63) is 41.5 Å². The fraction of sp³-hybridized carbons (Fsp3) is 0.143. The molecule has 3 rings (SSSR count). The summed E-state index contributed by atoms with van der Waals surface area (Å²) in [5.41, 5.74) is 7.89. The van der Waals surface area contributed by atoms with Crippen LogP contribution in [-0.2, 0) is 6.54 Å². The Morgan fingerprint density at radius 2 is 2.10 bits per heavy atom. The molecule has 2 aromatic rings. The van der Waals surface area contributed by atoms with E-state index >= 15 is 0 Å². The number of para-hydroxylation sites is 1. The minimum Gasteiger partial charge on any atom is -0.366 e. The minimum absolute atomic E-state index is 0.431. The summed E-state index contributed by atoms with van der Waals surface area (Å²) >= 11 is 6.87. The molecule has 0 atom stereocenters. The van der Waals surface area contributed by atoms with Gasteiger partial charge in [0.15, 0.2) is 5.11 Å². The number of primary amides is 1. The van der Waals surface area contributed by atoms with Gasteiger partial charge in [-0.1, -0.05) is 18.2 Å². The molecule has 7 heteroatoms. The van der Waals surface area contributed by atoms with Crippen molar-refractivity contribution >= 4 is 46.5 Å². The highest BCUT2D eigenvalue weighted by Gasteiger charge is 2.29. The zero-order valence-electron chi connectivity index (χ0n) is 11.3. The third-order valence-corrected chi connectivity index (χ3v) is 4.42. The van der Waals surface area contributed by atoms with Gasteiger partial charge in [-0.2, -0.15) is 0 Å². The molecule has 0 radical (unpaired) electrons. The minimum atomic E-state index is -0.431. The second-order valence-corrected chi connectivity index (χ2v) is 5.81. The van der Waals surface area contributed by atoms with E-state index in [4.69, 9.17) is 18.0 Å². The zero-order chi connectivity index (χ0) is 15.0. The molecule has 0 aliphatic carbocycles. The number of thiocarbonyl (C=S) groups is 1. The quantitative estimate of drug-likeness (QED) is 0.599. The number of thioether (sulfide) groups is 1. The number of benzene rings is 1. The van der Waals surface area contributed by atoms with Gasteiger partial charge in [-0.3, -0.25) is 4.79 Å². The molecule has 4 N–H and O–H groups in total. The molecule has 1 amide bonds. The van der Waals surface area contributed by atoms with Crippen LogP contribution in [0.5, 0.6) is 0 Å². The van der Waals surface area contributed by atoms with Crippen LogP contribution in [0.4, 0.5) is 11.5 Å². The number of amides is 1. The van der Waals surface area contributed by atoms with E-state index in [9.17, 15) is 4.79 Å². The van der Waals surface area contributed by atoms with Gasteiger partial charge in [-0.25, -0.2) is 0 Å². The third-order valence-electron chi connectivity index (χ3n) is 3.38. The number of H-pyrrole nitrogens is 1. The lowest BCUT2D eigenvalue weighted by Crippen LogP contribution is -2.39. The van der Waals surface area contributed by atoms with E-state index in [1.807, 2.05) is 41.5 Å². The predicted octanol–water partition coefficient (Wildman–Crippen LogP) is 2.55. The van der Waals surface area contributed by atoms with Crippen LogP contribution < -0.4 is 16.0 Å². The molecule has 5 nitrogen and oxygen atoms in total. The van der Waals surface area contributed by atoms with Gasteiger partial charge >= 0.3 is 0 Å². The molecule has 1 aromatic heterocycles. The van der Waals surface area contributed by atoms with Gasteiger partial charge in [0.05, 0.1) is 17.1 Å². The number of anilines is 2. The number of carbonyl (C=O) groups is 1. The van der Waals surface area contributed by atoms with E-state index in [2.05, 4.69) is 10.3 Å². The summed E-state index contributed by atoms with van der Waals surface area (Å²) in [5, 5.41) is 4.50. The molecule has 1 aliphatic rings. The molecule has 21 heavy (non-hydrogen) atoms. The average Bonchev–Trinajstić information content (AvgIpc) is 2.84. The van der Waals surface area contributed by atoms with Crippen LogP contribution in [0.2, 0.25) is 0 Å². The number of fused-ring (bicyclic) bond motifs is 1. The Bertz CT molecular complexity index is 711. The fourth-order valence-electron chi connectivity index (χ4n) is 2.41. The highest BCUT2D eigenvalue weighted by Crippen LogP contribution is 2.34. The zero-order valence-corrected chi connectivity index (χ0v) is 13.0. The number of hydrogen-bond donors (Lipinski definition) is 3. The first-order valence-electron chi connectivity index (χ1n) is 6.34. The largest absolute Gasteiger partial charge is 0.366 e. The van der Waals surface area contributed by atoms with Crippen molar-refractivity contribution in [3.8, 4) is 0 Å². The Morgan fingerprint density at radius 3 is 2.71 bits per heavy atom.